The van der Waals surface area contributed by atoms with Crippen molar-refractivity contribution in [3.8, 4) is 5.75 Å². The maximum atomic E-state index is 12.4. The predicted molar refractivity (Wildman–Crippen MR) is 85.0 cm³/mol. The lowest BCUT2D eigenvalue weighted by atomic mass is 10.1. The molecule has 120 valence electrons. The molecule has 1 aliphatic rings. The molecule has 1 N–H and O–H groups in total. The molecule has 6 heteroatoms. The minimum absolute atomic E-state index is 0.0286. The number of nitrogens with zero attached hydrogens (tertiary/aromatic N) is 1. The topological polar surface area (TPSA) is 58.6 Å². The number of rotatable bonds is 5. The summed E-state index contributed by atoms with van der Waals surface area (Å²) in [5, 5.41) is 3.44. The summed E-state index contributed by atoms with van der Waals surface area (Å²) < 4.78 is 5.72. The second kappa shape index (κ2) is 7.49. The lowest BCUT2D eigenvalue weighted by Gasteiger charge is -2.31. The highest BCUT2D eigenvalue weighted by molar-refractivity contribution is 6.32. The summed E-state index contributed by atoms with van der Waals surface area (Å²) >= 11 is 6.06. The molecule has 1 aromatic carbocycles. The van der Waals surface area contributed by atoms with Crippen LogP contribution in [0.1, 0.15) is 26.2 Å². The fraction of sp³-hybridized carbons (Fsp3) is 0.500. The first-order valence-electron chi connectivity index (χ1n) is 7.46. The van der Waals surface area contributed by atoms with Gasteiger partial charge in [0.25, 0.3) is 5.91 Å². The number of para-hydroxylation sites is 1. The van der Waals surface area contributed by atoms with Crippen LogP contribution in [0.5, 0.6) is 5.75 Å². The largest absolute Gasteiger partial charge is 0.479 e. The maximum Gasteiger partial charge on any atom is 0.261 e. The van der Waals surface area contributed by atoms with Crippen molar-refractivity contribution in [1.82, 2.24) is 10.2 Å². The van der Waals surface area contributed by atoms with E-state index in [2.05, 4.69) is 5.32 Å². The van der Waals surface area contributed by atoms with Gasteiger partial charge in [-0.05, 0) is 25.0 Å². The number of halogens is 1. The molecule has 0 bridgehead atoms. The minimum Gasteiger partial charge on any atom is -0.479 e. The van der Waals surface area contributed by atoms with E-state index in [4.69, 9.17) is 16.3 Å². The fourth-order valence-corrected chi connectivity index (χ4v) is 2.62. The van der Waals surface area contributed by atoms with Crippen LogP contribution in [0.15, 0.2) is 24.3 Å². The van der Waals surface area contributed by atoms with Crippen LogP contribution < -0.4 is 10.1 Å². The Morgan fingerprint density at radius 3 is 2.86 bits per heavy atom. The van der Waals surface area contributed by atoms with Gasteiger partial charge >= 0.3 is 0 Å². The molecule has 1 heterocycles. The van der Waals surface area contributed by atoms with Gasteiger partial charge in [0.05, 0.1) is 5.02 Å². The standard InChI is InChI=1S/C16H21ClN2O3/c1-3-13(22-14-7-5-4-6-12(14)17)16(21)18-11-8-9-15(20)19(2)10-11/h4-7,11,13H,3,8-10H2,1-2H3,(H,18,21)/t11-,13-/m0/s1. The van der Waals surface area contributed by atoms with Gasteiger partial charge in [-0.2, -0.15) is 0 Å². The Balaban J connectivity index is 1.95. The number of carbonyl (C=O) groups excluding carboxylic acids is 2. The molecular formula is C16H21ClN2O3. The van der Waals surface area contributed by atoms with E-state index >= 15 is 0 Å². The van der Waals surface area contributed by atoms with Crippen molar-refractivity contribution in [2.75, 3.05) is 13.6 Å². The number of ether oxygens (including phenoxy) is 1. The number of hydrogen-bond acceptors (Lipinski definition) is 3. The molecule has 2 amide bonds. The van der Waals surface area contributed by atoms with Gasteiger partial charge in [0, 0.05) is 26.1 Å². The molecule has 0 radical (unpaired) electrons. The van der Waals surface area contributed by atoms with Gasteiger partial charge in [-0.1, -0.05) is 30.7 Å². The third kappa shape index (κ3) is 4.13. The summed E-state index contributed by atoms with van der Waals surface area (Å²) in [5.41, 5.74) is 0. The summed E-state index contributed by atoms with van der Waals surface area (Å²) in [4.78, 5) is 25.5. The van der Waals surface area contributed by atoms with E-state index in [1.54, 1.807) is 24.1 Å². The number of amides is 2. The third-order valence-corrected chi connectivity index (χ3v) is 4.05. The van der Waals surface area contributed by atoms with E-state index in [0.717, 1.165) is 0 Å². The highest BCUT2D eigenvalue weighted by Gasteiger charge is 2.27. The first-order valence-corrected chi connectivity index (χ1v) is 7.84. The third-order valence-electron chi connectivity index (χ3n) is 3.74. The Bertz CT molecular complexity index is 550. The Labute approximate surface area is 135 Å². The van der Waals surface area contributed by atoms with Crippen LogP contribution in [-0.2, 0) is 9.59 Å². The average molecular weight is 325 g/mol. The summed E-state index contributed by atoms with van der Waals surface area (Å²) in [6, 6.07) is 7.06. The lowest BCUT2D eigenvalue weighted by molar-refractivity contribution is -0.135. The van der Waals surface area contributed by atoms with Crippen molar-refractivity contribution in [2.45, 2.75) is 38.3 Å². The van der Waals surface area contributed by atoms with Crippen LogP contribution in [0.4, 0.5) is 0 Å². The number of likely N-dealkylation sites (N-methyl/N-ethyl adjacent to an activating group) is 1. The number of benzene rings is 1. The summed E-state index contributed by atoms with van der Waals surface area (Å²) in [7, 11) is 1.75. The highest BCUT2D eigenvalue weighted by atomic mass is 35.5. The van der Waals surface area contributed by atoms with Crippen molar-refractivity contribution in [2.24, 2.45) is 0 Å². The minimum atomic E-state index is -0.595. The summed E-state index contributed by atoms with van der Waals surface area (Å²) in [6.45, 7) is 2.42. The summed E-state index contributed by atoms with van der Waals surface area (Å²) in [6.07, 6.45) is 1.07. The van der Waals surface area contributed by atoms with Gasteiger partial charge in [0.15, 0.2) is 6.10 Å². The van der Waals surface area contributed by atoms with Crippen molar-refractivity contribution >= 4 is 23.4 Å². The Kier molecular flexibility index (Phi) is 5.66. The van der Waals surface area contributed by atoms with Gasteiger partial charge < -0.3 is 15.0 Å². The first kappa shape index (κ1) is 16.6. The lowest BCUT2D eigenvalue weighted by Crippen LogP contribution is -2.51. The quantitative estimate of drug-likeness (QED) is 0.903. The second-order valence-corrected chi connectivity index (χ2v) is 5.87. The van der Waals surface area contributed by atoms with Gasteiger partial charge in [-0.25, -0.2) is 0 Å². The molecule has 0 spiro atoms. The zero-order chi connectivity index (χ0) is 16.1. The molecule has 1 saturated heterocycles. The number of likely N-dealkylation sites (tertiary alicyclic amines) is 1. The van der Waals surface area contributed by atoms with Gasteiger partial charge in [0.1, 0.15) is 5.75 Å². The molecule has 1 aromatic rings. The Morgan fingerprint density at radius 1 is 1.50 bits per heavy atom. The highest BCUT2D eigenvalue weighted by Crippen LogP contribution is 2.25. The predicted octanol–water partition coefficient (Wildman–Crippen LogP) is 2.23. The van der Waals surface area contributed by atoms with Crippen LogP contribution >= 0.6 is 11.6 Å². The monoisotopic (exact) mass is 324 g/mol. The van der Waals surface area contributed by atoms with Crippen molar-refractivity contribution in [3.05, 3.63) is 29.3 Å². The zero-order valence-electron chi connectivity index (χ0n) is 12.8. The molecule has 0 saturated carbocycles. The van der Waals surface area contributed by atoms with Crippen LogP contribution in [0.25, 0.3) is 0 Å². The number of hydrogen-bond donors (Lipinski definition) is 1. The maximum absolute atomic E-state index is 12.4. The number of nitrogens with one attached hydrogen (secondary N) is 1. The van der Waals surface area contributed by atoms with E-state index in [1.807, 2.05) is 19.1 Å². The molecule has 2 rings (SSSR count). The molecule has 1 aliphatic heterocycles. The zero-order valence-corrected chi connectivity index (χ0v) is 13.6. The molecule has 5 nitrogen and oxygen atoms in total. The second-order valence-electron chi connectivity index (χ2n) is 5.46. The number of carbonyl (C=O) groups is 2. The first-order chi connectivity index (χ1) is 10.5. The molecule has 0 aliphatic carbocycles. The Hall–Kier alpha value is -1.75. The molecule has 1 fully saturated rings. The van der Waals surface area contributed by atoms with E-state index < -0.39 is 6.10 Å². The van der Waals surface area contributed by atoms with Crippen LogP contribution in [-0.4, -0.2) is 42.5 Å². The normalized spacial score (nSPS) is 19.7. The van der Waals surface area contributed by atoms with Crippen molar-refractivity contribution in [1.29, 1.82) is 0 Å². The van der Waals surface area contributed by atoms with E-state index in [0.29, 0.717) is 36.6 Å². The van der Waals surface area contributed by atoms with Gasteiger partial charge in [-0.3, -0.25) is 9.59 Å². The van der Waals surface area contributed by atoms with Crippen molar-refractivity contribution in [3.63, 3.8) is 0 Å². The molecule has 0 aromatic heterocycles. The number of piperidine rings is 1. The van der Waals surface area contributed by atoms with Crippen LogP contribution in [0, 0.1) is 0 Å². The molecule has 2 atom stereocenters. The van der Waals surface area contributed by atoms with E-state index in [9.17, 15) is 9.59 Å². The smallest absolute Gasteiger partial charge is 0.261 e. The van der Waals surface area contributed by atoms with Gasteiger partial charge in [-0.15, -0.1) is 0 Å². The summed E-state index contributed by atoms with van der Waals surface area (Å²) in [5.74, 6) is 0.446. The Morgan fingerprint density at radius 2 is 2.23 bits per heavy atom. The average Bonchev–Trinajstić information content (AvgIpc) is 2.50. The van der Waals surface area contributed by atoms with Gasteiger partial charge in [0.2, 0.25) is 5.91 Å². The van der Waals surface area contributed by atoms with Crippen molar-refractivity contribution < 1.29 is 14.3 Å². The van der Waals surface area contributed by atoms with Crippen LogP contribution in [0.2, 0.25) is 5.02 Å². The van der Waals surface area contributed by atoms with Crippen LogP contribution in [0.3, 0.4) is 0 Å². The SMILES string of the molecule is CC[C@H](Oc1ccccc1Cl)C(=O)N[C@H]1CCC(=O)N(C)C1. The molecular weight excluding hydrogens is 304 g/mol. The van der Waals surface area contributed by atoms with E-state index in [-0.39, 0.29) is 17.9 Å². The fourth-order valence-electron chi connectivity index (χ4n) is 2.44. The molecule has 0 unspecified atom stereocenters. The molecule has 22 heavy (non-hydrogen) atoms. The van der Waals surface area contributed by atoms with E-state index in [1.165, 1.54) is 0 Å².